The summed E-state index contributed by atoms with van der Waals surface area (Å²) in [6, 6.07) is 27.6. The Balaban J connectivity index is 1.69. The summed E-state index contributed by atoms with van der Waals surface area (Å²) in [6.07, 6.45) is 2.55. The summed E-state index contributed by atoms with van der Waals surface area (Å²) in [7, 11) is 0. The van der Waals surface area contributed by atoms with E-state index < -0.39 is 0 Å². The van der Waals surface area contributed by atoms with Crippen molar-refractivity contribution in [1.82, 2.24) is 4.68 Å². The maximum absolute atomic E-state index is 10.0. The third kappa shape index (κ3) is 4.70. The molecule has 0 aliphatic rings. The van der Waals surface area contributed by atoms with Gasteiger partial charge in [0.15, 0.2) is 0 Å². The fourth-order valence-corrected chi connectivity index (χ4v) is 3.83. The molecule has 0 bridgehead atoms. The highest BCUT2D eigenvalue weighted by molar-refractivity contribution is 7.07. The Labute approximate surface area is 173 Å². The molecule has 1 heterocycles. The maximum atomic E-state index is 10.0. The number of hydrogen-bond acceptors (Lipinski definition) is 4. The van der Waals surface area contributed by atoms with Crippen LogP contribution >= 0.6 is 11.3 Å². The van der Waals surface area contributed by atoms with Crippen molar-refractivity contribution < 1.29 is 5.11 Å². The summed E-state index contributed by atoms with van der Waals surface area (Å²) in [5.41, 5.74) is 3.98. The van der Waals surface area contributed by atoms with Crippen molar-refractivity contribution in [1.29, 1.82) is 0 Å². The molecule has 1 N–H and O–H groups in total. The van der Waals surface area contributed by atoms with Crippen LogP contribution in [-0.4, -0.2) is 22.5 Å². The molecule has 0 unspecified atom stereocenters. The van der Waals surface area contributed by atoms with Crippen molar-refractivity contribution in [3.05, 3.63) is 106 Å². The SMILES string of the molecule is Oc1ccccc1C=Nn1c(-c2ccccc2)csc1=NCCc1ccccc1. The van der Waals surface area contributed by atoms with Crippen LogP contribution < -0.4 is 4.80 Å². The number of nitrogens with zero attached hydrogens (tertiary/aromatic N) is 3. The molecule has 0 spiro atoms. The molecule has 4 nitrogen and oxygen atoms in total. The Morgan fingerprint density at radius 2 is 1.55 bits per heavy atom. The highest BCUT2D eigenvalue weighted by atomic mass is 32.1. The molecule has 0 aliphatic heterocycles. The van der Waals surface area contributed by atoms with Crippen LogP contribution in [0.25, 0.3) is 11.3 Å². The van der Waals surface area contributed by atoms with Gasteiger partial charge in [-0.05, 0) is 24.1 Å². The highest BCUT2D eigenvalue weighted by Crippen LogP contribution is 2.20. The van der Waals surface area contributed by atoms with E-state index in [9.17, 15) is 5.11 Å². The van der Waals surface area contributed by atoms with Crippen LogP contribution in [0.5, 0.6) is 5.75 Å². The number of phenols is 1. The van der Waals surface area contributed by atoms with Crippen LogP contribution in [0.4, 0.5) is 0 Å². The van der Waals surface area contributed by atoms with Gasteiger partial charge in [-0.2, -0.15) is 5.10 Å². The topological polar surface area (TPSA) is 49.9 Å². The van der Waals surface area contributed by atoms with Crippen molar-refractivity contribution in [2.24, 2.45) is 10.1 Å². The van der Waals surface area contributed by atoms with E-state index in [0.29, 0.717) is 12.1 Å². The first-order valence-corrected chi connectivity index (χ1v) is 10.3. The van der Waals surface area contributed by atoms with Gasteiger partial charge in [0.2, 0.25) is 4.80 Å². The molecule has 0 fully saturated rings. The first-order valence-electron chi connectivity index (χ1n) is 9.44. The van der Waals surface area contributed by atoms with Crippen molar-refractivity contribution in [3.63, 3.8) is 0 Å². The van der Waals surface area contributed by atoms with Crippen molar-refractivity contribution >= 4 is 17.6 Å². The number of rotatable bonds is 6. The van der Waals surface area contributed by atoms with Gasteiger partial charge in [-0.3, -0.25) is 4.99 Å². The minimum Gasteiger partial charge on any atom is -0.507 e. The summed E-state index contributed by atoms with van der Waals surface area (Å²) in [4.78, 5) is 5.61. The normalized spacial score (nSPS) is 11.9. The fraction of sp³-hybridized carbons (Fsp3) is 0.0833. The molecule has 0 aliphatic carbocycles. The molecule has 0 saturated heterocycles. The average Bonchev–Trinajstić information content (AvgIpc) is 3.17. The summed E-state index contributed by atoms with van der Waals surface area (Å²) in [6.45, 7) is 0.685. The zero-order valence-corrected chi connectivity index (χ0v) is 16.7. The average molecular weight is 400 g/mol. The van der Waals surface area contributed by atoms with Gasteiger partial charge in [-0.25, -0.2) is 4.68 Å². The fourth-order valence-electron chi connectivity index (χ4n) is 2.97. The van der Waals surface area contributed by atoms with Gasteiger partial charge in [0.05, 0.1) is 11.9 Å². The Bertz CT molecular complexity index is 1160. The summed E-state index contributed by atoms with van der Waals surface area (Å²) in [5.74, 6) is 0.205. The standard InChI is InChI=1S/C24H21N3OS/c28-23-14-8-7-13-21(23)17-26-27-22(20-11-5-2-6-12-20)18-29-24(27)25-16-15-19-9-3-1-4-10-19/h1-14,17-18,28H,15-16H2. The van der Waals surface area contributed by atoms with Gasteiger partial charge in [0.1, 0.15) is 5.75 Å². The van der Waals surface area contributed by atoms with E-state index in [2.05, 4.69) is 34.7 Å². The van der Waals surface area contributed by atoms with E-state index in [1.165, 1.54) is 5.56 Å². The Kier molecular flexibility index (Phi) is 5.98. The number of thiazole rings is 1. The summed E-state index contributed by atoms with van der Waals surface area (Å²) >= 11 is 1.57. The third-order valence-corrected chi connectivity index (χ3v) is 5.35. The van der Waals surface area contributed by atoms with Gasteiger partial charge < -0.3 is 5.11 Å². The molecule has 4 aromatic rings. The molecule has 5 heteroatoms. The first kappa shape index (κ1) is 18.9. The molecule has 0 atom stereocenters. The highest BCUT2D eigenvalue weighted by Gasteiger charge is 2.07. The second-order valence-electron chi connectivity index (χ2n) is 6.50. The van der Waals surface area contributed by atoms with E-state index in [0.717, 1.165) is 22.5 Å². The molecule has 0 radical (unpaired) electrons. The Hall–Kier alpha value is -3.44. The van der Waals surface area contributed by atoms with Gasteiger partial charge in [0, 0.05) is 23.1 Å². The summed E-state index contributed by atoms with van der Waals surface area (Å²) < 4.78 is 1.84. The quantitative estimate of drug-likeness (QED) is 0.458. The second-order valence-corrected chi connectivity index (χ2v) is 7.34. The van der Waals surface area contributed by atoms with Crippen LogP contribution in [-0.2, 0) is 6.42 Å². The molecule has 4 rings (SSSR count). The van der Waals surface area contributed by atoms with Crippen LogP contribution in [0.1, 0.15) is 11.1 Å². The van der Waals surface area contributed by atoms with Crippen LogP contribution in [0.2, 0.25) is 0 Å². The predicted molar refractivity (Wildman–Crippen MR) is 119 cm³/mol. The van der Waals surface area contributed by atoms with Crippen LogP contribution in [0, 0.1) is 0 Å². The minimum atomic E-state index is 0.205. The third-order valence-electron chi connectivity index (χ3n) is 4.49. The number of phenolic OH excluding ortho intramolecular Hbond substituents is 1. The number of benzene rings is 3. The molecule has 1 aromatic heterocycles. The lowest BCUT2D eigenvalue weighted by atomic mass is 10.2. The van der Waals surface area contributed by atoms with Crippen molar-refractivity contribution in [2.45, 2.75) is 6.42 Å². The molecular formula is C24H21N3OS. The van der Waals surface area contributed by atoms with Crippen LogP contribution in [0.15, 0.2) is 100 Å². The number of hydrogen-bond donors (Lipinski definition) is 1. The number of aromatic hydroxyl groups is 1. The van der Waals surface area contributed by atoms with E-state index in [4.69, 9.17) is 4.99 Å². The van der Waals surface area contributed by atoms with Gasteiger partial charge >= 0.3 is 0 Å². The Morgan fingerprint density at radius 1 is 0.862 bits per heavy atom. The Morgan fingerprint density at radius 3 is 2.31 bits per heavy atom. The van der Waals surface area contributed by atoms with E-state index >= 15 is 0 Å². The van der Waals surface area contributed by atoms with E-state index in [1.807, 2.05) is 53.2 Å². The monoisotopic (exact) mass is 399 g/mol. The molecular weight excluding hydrogens is 378 g/mol. The number of para-hydroxylation sites is 1. The number of aromatic nitrogens is 1. The van der Waals surface area contributed by atoms with E-state index in [1.54, 1.807) is 29.7 Å². The van der Waals surface area contributed by atoms with Gasteiger partial charge in [-0.15, -0.1) is 11.3 Å². The lowest BCUT2D eigenvalue weighted by molar-refractivity contribution is 0.474. The smallest absolute Gasteiger partial charge is 0.206 e. The summed E-state index contributed by atoms with van der Waals surface area (Å²) in [5, 5.41) is 16.8. The molecule has 3 aromatic carbocycles. The van der Waals surface area contributed by atoms with Crippen molar-refractivity contribution in [2.75, 3.05) is 6.54 Å². The zero-order valence-electron chi connectivity index (χ0n) is 15.8. The lowest BCUT2D eigenvalue weighted by Crippen LogP contribution is -2.13. The van der Waals surface area contributed by atoms with Gasteiger partial charge in [0.25, 0.3) is 0 Å². The van der Waals surface area contributed by atoms with Crippen molar-refractivity contribution in [3.8, 4) is 17.0 Å². The van der Waals surface area contributed by atoms with Crippen LogP contribution in [0.3, 0.4) is 0 Å². The first-order chi connectivity index (χ1) is 14.3. The minimum absolute atomic E-state index is 0.205. The second kappa shape index (κ2) is 9.17. The molecule has 144 valence electrons. The molecule has 0 amide bonds. The maximum Gasteiger partial charge on any atom is 0.206 e. The molecule has 29 heavy (non-hydrogen) atoms. The van der Waals surface area contributed by atoms with Gasteiger partial charge in [-0.1, -0.05) is 72.8 Å². The molecule has 0 saturated carbocycles. The van der Waals surface area contributed by atoms with E-state index in [-0.39, 0.29) is 5.75 Å². The largest absolute Gasteiger partial charge is 0.507 e. The zero-order chi connectivity index (χ0) is 19.9. The predicted octanol–water partition coefficient (Wildman–Crippen LogP) is 4.95. The lowest BCUT2D eigenvalue weighted by Gasteiger charge is -2.04.